The molecule has 0 bridgehead atoms. The van der Waals surface area contributed by atoms with E-state index in [1.54, 1.807) is 24.3 Å². The number of Topliss-reactive ketones (excluding diaryl/α,β-unsaturated/α-hetero) is 1. The van der Waals surface area contributed by atoms with Crippen LogP contribution in [0.4, 0.5) is 4.39 Å². The zero-order valence-electron chi connectivity index (χ0n) is 9.59. The van der Waals surface area contributed by atoms with Gasteiger partial charge in [-0.15, -0.1) is 0 Å². The second-order valence-corrected chi connectivity index (χ2v) is 5.65. The van der Waals surface area contributed by atoms with Crippen molar-refractivity contribution in [3.05, 3.63) is 67.9 Å². The Morgan fingerprint density at radius 3 is 2.47 bits per heavy atom. The predicted octanol–water partition coefficient (Wildman–Crippen LogP) is 5.32. The molecule has 98 valence electrons. The van der Waals surface area contributed by atoms with E-state index in [1.807, 2.05) is 0 Å². The van der Waals surface area contributed by atoms with E-state index in [1.165, 1.54) is 12.1 Å². The third-order valence-corrected chi connectivity index (χ3v) is 4.11. The van der Waals surface area contributed by atoms with Crippen LogP contribution in [-0.2, 0) is 6.42 Å². The van der Waals surface area contributed by atoms with Crippen LogP contribution in [0.15, 0.2) is 40.9 Å². The molecule has 2 aromatic rings. The van der Waals surface area contributed by atoms with Crippen LogP contribution in [0.2, 0.25) is 10.0 Å². The van der Waals surface area contributed by atoms with Gasteiger partial charge in [-0.25, -0.2) is 4.39 Å². The quantitative estimate of drug-likeness (QED) is 0.676. The van der Waals surface area contributed by atoms with Gasteiger partial charge in [-0.1, -0.05) is 35.3 Å². The highest BCUT2D eigenvalue weighted by Crippen LogP contribution is 2.24. The monoisotopic (exact) mass is 360 g/mol. The number of hydrogen-bond acceptors (Lipinski definition) is 1. The summed E-state index contributed by atoms with van der Waals surface area (Å²) in [7, 11) is 0. The van der Waals surface area contributed by atoms with Crippen molar-refractivity contribution in [3.8, 4) is 0 Å². The van der Waals surface area contributed by atoms with Crippen molar-refractivity contribution in [2.75, 3.05) is 0 Å². The molecule has 0 N–H and O–H groups in total. The SMILES string of the molecule is O=C(Cc1ccc(F)c(Cl)c1)c1ccc(Br)c(Cl)c1. The van der Waals surface area contributed by atoms with E-state index in [0.29, 0.717) is 16.1 Å². The zero-order chi connectivity index (χ0) is 14.0. The summed E-state index contributed by atoms with van der Waals surface area (Å²) in [5.41, 5.74) is 1.17. The molecule has 1 nitrogen and oxygen atoms in total. The first-order valence-corrected chi connectivity index (χ1v) is 6.94. The zero-order valence-corrected chi connectivity index (χ0v) is 12.7. The Morgan fingerprint density at radius 2 is 1.84 bits per heavy atom. The van der Waals surface area contributed by atoms with Gasteiger partial charge in [0.15, 0.2) is 5.78 Å². The molecule has 5 heteroatoms. The highest BCUT2D eigenvalue weighted by molar-refractivity contribution is 9.10. The van der Waals surface area contributed by atoms with Gasteiger partial charge < -0.3 is 0 Å². The molecule has 0 aliphatic rings. The number of hydrogen-bond donors (Lipinski definition) is 0. The third-order valence-electron chi connectivity index (χ3n) is 2.59. The minimum atomic E-state index is -0.496. The van der Waals surface area contributed by atoms with Crippen LogP contribution in [-0.4, -0.2) is 5.78 Å². The molecule has 0 aromatic heterocycles. The average molecular weight is 362 g/mol. The summed E-state index contributed by atoms with van der Waals surface area (Å²) in [5, 5.41) is 0.488. The lowest BCUT2D eigenvalue weighted by molar-refractivity contribution is 0.0993. The van der Waals surface area contributed by atoms with Crippen LogP contribution in [0.5, 0.6) is 0 Å². The molecular weight excluding hydrogens is 354 g/mol. The first-order valence-electron chi connectivity index (χ1n) is 5.39. The highest BCUT2D eigenvalue weighted by atomic mass is 79.9. The molecule has 0 aliphatic carbocycles. The Morgan fingerprint density at radius 1 is 1.11 bits per heavy atom. The van der Waals surface area contributed by atoms with E-state index in [9.17, 15) is 9.18 Å². The van der Waals surface area contributed by atoms with Crippen molar-refractivity contribution in [3.63, 3.8) is 0 Å². The molecule has 19 heavy (non-hydrogen) atoms. The van der Waals surface area contributed by atoms with Crippen LogP contribution >= 0.6 is 39.1 Å². The molecule has 0 saturated heterocycles. The van der Waals surface area contributed by atoms with Crippen LogP contribution in [0.1, 0.15) is 15.9 Å². The molecule has 0 aliphatic heterocycles. The lowest BCUT2D eigenvalue weighted by Crippen LogP contribution is -2.03. The van der Waals surface area contributed by atoms with Crippen molar-refractivity contribution < 1.29 is 9.18 Å². The Hall–Kier alpha value is -0.900. The predicted molar refractivity (Wildman–Crippen MR) is 78.6 cm³/mol. The van der Waals surface area contributed by atoms with Gasteiger partial charge in [-0.05, 0) is 45.8 Å². The van der Waals surface area contributed by atoms with Gasteiger partial charge in [-0.2, -0.15) is 0 Å². The van der Waals surface area contributed by atoms with Crippen LogP contribution in [0.25, 0.3) is 0 Å². The second kappa shape index (κ2) is 6.04. The number of carbonyl (C=O) groups is 1. The second-order valence-electron chi connectivity index (χ2n) is 3.98. The molecule has 2 rings (SSSR count). The molecule has 2 aromatic carbocycles. The van der Waals surface area contributed by atoms with Gasteiger partial charge in [0.05, 0.1) is 10.0 Å². The Labute approximate surface area is 128 Å². The van der Waals surface area contributed by atoms with Crippen LogP contribution in [0.3, 0.4) is 0 Å². The summed E-state index contributed by atoms with van der Waals surface area (Å²) in [5.74, 6) is -0.596. The summed E-state index contributed by atoms with van der Waals surface area (Å²) in [6.45, 7) is 0. The Balaban J connectivity index is 2.20. The fraction of sp³-hybridized carbons (Fsp3) is 0.0714. The Kier molecular flexibility index (Phi) is 4.61. The van der Waals surface area contributed by atoms with E-state index in [-0.39, 0.29) is 17.2 Å². The first kappa shape index (κ1) is 14.5. The number of rotatable bonds is 3. The fourth-order valence-electron chi connectivity index (χ4n) is 1.61. The lowest BCUT2D eigenvalue weighted by Gasteiger charge is -2.04. The average Bonchev–Trinajstić information content (AvgIpc) is 2.37. The lowest BCUT2D eigenvalue weighted by atomic mass is 10.0. The highest BCUT2D eigenvalue weighted by Gasteiger charge is 2.10. The molecule has 0 heterocycles. The first-order chi connectivity index (χ1) is 8.97. The third kappa shape index (κ3) is 3.56. The maximum atomic E-state index is 13.0. The maximum absolute atomic E-state index is 13.0. The van der Waals surface area contributed by atoms with Gasteiger partial charge in [-0.3, -0.25) is 4.79 Å². The molecule has 0 spiro atoms. The van der Waals surface area contributed by atoms with Gasteiger partial charge in [0.25, 0.3) is 0 Å². The van der Waals surface area contributed by atoms with Gasteiger partial charge in [0.2, 0.25) is 0 Å². The normalized spacial score (nSPS) is 10.5. The van der Waals surface area contributed by atoms with Crippen molar-refractivity contribution in [1.29, 1.82) is 0 Å². The number of halogens is 4. The topological polar surface area (TPSA) is 17.1 Å². The van der Waals surface area contributed by atoms with Crippen LogP contribution < -0.4 is 0 Å². The molecule has 0 fully saturated rings. The number of ketones is 1. The Bertz CT molecular complexity index is 643. The van der Waals surface area contributed by atoms with E-state index in [4.69, 9.17) is 23.2 Å². The minimum absolute atomic E-state index is 0.0131. The fourth-order valence-corrected chi connectivity index (χ4v) is 2.24. The van der Waals surface area contributed by atoms with Gasteiger partial charge in [0.1, 0.15) is 5.82 Å². The van der Waals surface area contributed by atoms with Crippen molar-refractivity contribution in [1.82, 2.24) is 0 Å². The molecule has 0 radical (unpaired) electrons. The maximum Gasteiger partial charge on any atom is 0.167 e. The van der Waals surface area contributed by atoms with Crippen LogP contribution in [0, 0.1) is 5.82 Å². The summed E-state index contributed by atoms with van der Waals surface area (Å²) < 4.78 is 13.7. The minimum Gasteiger partial charge on any atom is -0.294 e. The molecule has 0 amide bonds. The van der Waals surface area contributed by atoms with Gasteiger partial charge >= 0.3 is 0 Å². The molecular formula is C14H8BrCl2FO. The summed E-state index contributed by atoms with van der Waals surface area (Å²) in [6.07, 6.45) is 0.151. The number of benzene rings is 2. The van der Waals surface area contributed by atoms with E-state index in [2.05, 4.69) is 15.9 Å². The van der Waals surface area contributed by atoms with E-state index in [0.717, 1.165) is 4.47 Å². The van der Waals surface area contributed by atoms with Gasteiger partial charge in [0, 0.05) is 16.5 Å². The summed E-state index contributed by atoms with van der Waals surface area (Å²) in [4.78, 5) is 12.1. The summed E-state index contributed by atoms with van der Waals surface area (Å²) >= 11 is 14.9. The van der Waals surface area contributed by atoms with Crippen molar-refractivity contribution >= 4 is 44.9 Å². The standard InChI is InChI=1S/C14H8BrCl2FO/c15-10-3-2-9(7-11(10)16)14(19)6-8-1-4-13(18)12(17)5-8/h1-5,7H,6H2. The van der Waals surface area contributed by atoms with Crippen molar-refractivity contribution in [2.24, 2.45) is 0 Å². The van der Waals surface area contributed by atoms with E-state index < -0.39 is 5.82 Å². The van der Waals surface area contributed by atoms with E-state index >= 15 is 0 Å². The molecule has 0 saturated carbocycles. The smallest absolute Gasteiger partial charge is 0.167 e. The summed E-state index contributed by atoms with van der Waals surface area (Å²) in [6, 6.07) is 9.24. The largest absolute Gasteiger partial charge is 0.294 e. The molecule has 0 unspecified atom stereocenters. The van der Waals surface area contributed by atoms with Crippen molar-refractivity contribution in [2.45, 2.75) is 6.42 Å². The number of carbonyl (C=O) groups excluding carboxylic acids is 1. The molecule has 0 atom stereocenters.